The second-order valence-corrected chi connectivity index (χ2v) is 5.48. The molecule has 0 aromatic heterocycles. The minimum atomic E-state index is -0.539. The molecule has 1 atom stereocenters. The van der Waals surface area contributed by atoms with E-state index in [4.69, 9.17) is 0 Å². The van der Waals surface area contributed by atoms with E-state index in [0.29, 0.717) is 13.0 Å². The molecule has 1 amide bonds. The van der Waals surface area contributed by atoms with Crippen LogP contribution in [0.2, 0.25) is 0 Å². The Labute approximate surface area is 114 Å². The largest absolute Gasteiger partial charge is 0.388 e. The molecular weight excluding hydrogens is 240 g/mol. The Morgan fingerprint density at radius 1 is 1.37 bits per heavy atom. The molecule has 1 saturated heterocycles. The molecule has 0 bridgehead atoms. The summed E-state index contributed by atoms with van der Waals surface area (Å²) in [7, 11) is 0. The first-order valence-corrected chi connectivity index (χ1v) is 6.80. The standard InChI is InChI=1S/C15H22N2O2/c1-4-13(18)11-5-7-12(8-6-11)17-10-9-16-14(19)15(17,2)3/h5-8,13,18H,4,9-10H2,1-3H3,(H,16,19). The third-order valence-corrected chi connectivity index (χ3v) is 3.83. The van der Waals surface area contributed by atoms with Gasteiger partial charge in [-0.1, -0.05) is 19.1 Å². The SMILES string of the molecule is CCC(O)c1ccc(N2CCNC(=O)C2(C)C)cc1. The van der Waals surface area contributed by atoms with Gasteiger partial charge in [-0.15, -0.1) is 0 Å². The van der Waals surface area contributed by atoms with Crippen LogP contribution in [0.15, 0.2) is 24.3 Å². The van der Waals surface area contributed by atoms with Crippen molar-refractivity contribution in [2.75, 3.05) is 18.0 Å². The minimum Gasteiger partial charge on any atom is -0.388 e. The highest BCUT2D eigenvalue weighted by Crippen LogP contribution is 2.27. The highest BCUT2D eigenvalue weighted by atomic mass is 16.3. The molecule has 104 valence electrons. The normalized spacial score (nSPS) is 20.0. The molecule has 19 heavy (non-hydrogen) atoms. The number of piperazine rings is 1. The van der Waals surface area contributed by atoms with Crippen molar-refractivity contribution in [1.29, 1.82) is 0 Å². The fraction of sp³-hybridized carbons (Fsp3) is 0.533. The van der Waals surface area contributed by atoms with Crippen molar-refractivity contribution in [1.82, 2.24) is 5.32 Å². The number of carbonyl (C=O) groups is 1. The number of carbonyl (C=O) groups excluding carboxylic acids is 1. The van der Waals surface area contributed by atoms with E-state index in [1.807, 2.05) is 45.0 Å². The van der Waals surface area contributed by atoms with E-state index in [1.54, 1.807) is 0 Å². The lowest BCUT2D eigenvalue weighted by atomic mass is 9.97. The molecule has 1 fully saturated rings. The summed E-state index contributed by atoms with van der Waals surface area (Å²) >= 11 is 0. The molecule has 0 radical (unpaired) electrons. The second kappa shape index (κ2) is 5.21. The van der Waals surface area contributed by atoms with E-state index in [-0.39, 0.29) is 5.91 Å². The van der Waals surface area contributed by atoms with Gasteiger partial charge in [-0.05, 0) is 38.0 Å². The summed E-state index contributed by atoms with van der Waals surface area (Å²) in [5.74, 6) is 0.0522. The molecule has 2 rings (SSSR count). The van der Waals surface area contributed by atoms with Gasteiger partial charge < -0.3 is 15.3 Å². The van der Waals surface area contributed by atoms with Crippen LogP contribution < -0.4 is 10.2 Å². The Morgan fingerprint density at radius 2 is 2.00 bits per heavy atom. The fourth-order valence-electron chi connectivity index (χ4n) is 2.46. The molecule has 4 heteroatoms. The molecule has 1 heterocycles. The predicted molar refractivity (Wildman–Crippen MR) is 76.1 cm³/mol. The van der Waals surface area contributed by atoms with Gasteiger partial charge in [-0.25, -0.2) is 0 Å². The summed E-state index contributed by atoms with van der Waals surface area (Å²) in [5, 5.41) is 12.7. The molecule has 1 unspecified atom stereocenters. The maximum Gasteiger partial charge on any atom is 0.245 e. The number of aliphatic hydroxyl groups excluding tert-OH is 1. The lowest BCUT2D eigenvalue weighted by molar-refractivity contribution is -0.126. The molecule has 4 nitrogen and oxygen atoms in total. The Kier molecular flexibility index (Phi) is 3.80. The molecule has 0 spiro atoms. The van der Waals surface area contributed by atoms with Crippen LogP contribution in [0, 0.1) is 0 Å². The average molecular weight is 262 g/mol. The summed E-state index contributed by atoms with van der Waals surface area (Å²) < 4.78 is 0. The average Bonchev–Trinajstić information content (AvgIpc) is 2.41. The van der Waals surface area contributed by atoms with E-state index in [9.17, 15) is 9.90 Å². The molecule has 1 aromatic rings. The van der Waals surface area contributed by atoms with Gasteiger partial charge in [0.05, 0.1) is 6.10 Å². The van der Waals surface area contributed by atoms with Crippen molar-refractivity contribution >= 4 is 11.6 Å². The van der Waals surface area contributed by atoms with E-state index >= 15 is 0 Å². The topological polar surface area (TPSA) is 52.6 Å². The highest BCUT2D eigenvalue weighted by Gasteiger charge is 2.37. The van der Waals surface area contributed by atoms with Crippen molar-refractivity contribution in [3.05, 3.63) is 29.8 Å². The maximum atomic E-state index is 11.9. The van der Waals surface area contributed by atoms with Gasteiger partial charge >= 0.3 is 0 Å². The number of hydrogen-bond donors (Lipinski definition) is 2. The lowest BCUT2D eigenvalue weighted by Crippen LogP contribution is -2.62. The zero-order valence-electron chi connectivity index (χ0n) is 11.8. The summed E-state index contributed by atoms with van der Waals surface area (Å²) in [6.07, 6.45) is 0.295. The zero-order chi connectivity index (χ0) is 14.0. The van der Waals surface area contributed by atoms with Crippen LogP contribution in [0.25, 0.3) is 0 Å². The van der Waals surface area contributed by atoms with E-state index < -0.39 is 11.6 Å². The zero-order valence-corrected chi connectivity index (χ0v) is 11.8. The van der Waals surface area contributed by atoms with Crippen molar-refractivity contribution in [3.8, 4) is 0 Å². The van der Waals surface area contributed by atoms with E-state index in [0.717, 1.165) is 17.8 Å². The van der Waals surface area contributed by atoms with Crippen molar-refractivity contribution in [2.45, 2.75) is 38.8 Å². The van der Waals surface area contributed by atoms with Crippen LogP contribution in [0.3, 0.4) is 0 Å². The van der Waals surface area contributed by atoms with Crippen LogP contribution in [-0.2, 0) is 4.79 Å². The minimum absolute atomic E-state index is 0.0522. The van der Waals surface area contributed by atoms with Crippen molar-refractivity contribution in [3.63, 3.8) is 0 Å². The smallest absolute Gasteiger partial charge is 0.245 e. The predicted octanol–water partition coefficient (Wildman–Crippen LogP) is 1.84. The first-order valence-electron chi connectivity index (χ1n) is 6.80. The number of hydrogen-bond acceptors (Lipinski definition) is 3. The Morgan fingerprint density at radius 3 is 2.58 bits per heavy atom. The van der Waals surface area contributed by atoms with Crippen LogP contribution in [0.1, 0.15) is 38.9 Å². The van der Waals surface area contributed by atoms with Gasteiger partial charge in [0.15, 0.2) is 0 Å². The number of aliphatic hydroxyl groups is 1. The Balaban J connectivity index is 2.24. The van der Waals surface area contributed by atoms with Crippen molar-refractivity contribution in [2.24, 2.45) is 0 Å². The highest BCUT2D eigenvalue weighted by molar-refractivity contribution is 5.90. The van der Waals surface area contributed by atoms with Crippen LogP contribution >= 0.6 is 0 Å². The number of nitrogens with zero attached hydrogens (tertiary/aromatic N) is 1. The first kappa shape index (κ1) is 13.9. The number of nitrogens with one attached hydrogen (secondary N) is 1. The molecule has 2 N–H and O–H groups in total. The molecule has 1 aromatic carbocycles. The molecule has 0 saturated carbocycles. The number of amides is 1. The van der Waals surface area contributed by atoms with Gasteiger partial charge in [-0.2, -0.15) is 0 Å². The first-order chi connectivity index (χ1) is 8.96. The quantitative estimate of drug-likeness (QED) is 0.874. The Bertz CT molecular complexity index is 454. The van der Waals surface area contributed by atoms with E-state index in [1.165, 1.54) is 0 Å². The summed E-state index contributed by atoms with van der Waals surface area (Å²) in [4.78, 5) is 14.0. The summed E-state index contributed by atoms with van der Waals surface area (Å²) in [6.45, 7) is 7.28. The van der Waals surface area contributed by atoms with Crippen LogP contribution in [0.4, 0.5) is 5.69 Å². The number of rotatable bonds is 3. The third kappa shape index (κ3) is 2.59. The van der Waals surface area contributed by atoms with E-state index in [2.05, 4.69) is 10.2 Å². The molecule has 1 aliphatic rings. The fourth-order valence-corrected chi connectivity index (χ4v) is 2.46. The van der Waals surface area contributed by atoms with Gasteiger partial charge in [-0.3, -0.25) is 4.79 Å². The molecular formula is C15H22N2O2. The van der Waals surface area contributed by atoms with Crippen LogP contribution in [-0.4, -0.2) is 29.6 Å². The monoisotopic (exact) mass is 262 g/mol. The molecule has 1 aliphatic heterocycles. The lowest BCUT2D eigenvalue weighted by Gasteiger charge is -2.42. The molecule has 0 aliphatic carbocycles. The van der Waals surface area contributed by atoms with Gasteiger partial charge in [0.2, 0.25) is 5.91 Å². The summed E-state index contributed by atoms with van der Waals surface area (Å²) in [6, 6.07) is 7.83. The maximum absolute atomic E-state index is 11.9. The van der Waals surface area contributed by atoms with Crippen molar-refractivity contribution < 1.29 is 9.90 Å². The number of anilines is 1. The number of benzene rings is 1. The second-order valence-electron chi connectivity index (χ2n) is 5.48. The van der Waals surface area contributed by atoms with Gasteiger partial charge in [0.25, 0.3) is 0 Å². The summed E-state index contributed by atoms with van der Waals surface area (Å²) in [5.41, 5.74) is 1.40. The van der Waals surface area contributed by atoms with Crippen LogP contribution in [0.5, 0.6) is 0 Å². The van der Waals surface area contributed by atoms with Gasteiger partial charge in [0.1, 0.15) is 5.54 Å². The third-order valence-electron chi connectivity index (χ3n) is 3.83. The van der Waals surface area contributed by atoms with Gasteiger partial charge in [0, 0.05) is 18.8 Å². The Hall–Kier alpha value is -1.55.